The molecule has 1 fully saturated rings. The van der Waals surface area contributed by atoms with Gasteiger partial charge in [-0.15, -0.1) is 0 Å². The van der Waals surface area contributed by atoms with Gasteiger partial charge in [0.1, 0.15) is 0 Å². The molecule has 1 saturated carbocycles. The Kier molecular flexibility index (Phi) is 5.07. The number of sulfonamides is 1. The van der Waals surface area contributed by atoms with E-state index in [0.717, 1.165) is 24.0 Å². The number of hydrogen-bond donors (Lipinski definition) is 2. The maximum absolute atomic E-state index is 12.6. The Labute approximate surface area is 128 Å². The van der Waals surface area contributed by atoms with Gasteiger partial charge in [0.2, 0.25) is 10.0 Å². The summed E-state index contributed by atoms with van der Waals surface area (Å²) >= 11 is 0. The smallest absolute Gasteiger partial charge is 0.240 e. The average Bonchev–Trinajstić information content (AvgIpc) is 2.44. The molecule has 1 aliphatic rings. The lowest BCUT2D eigenvalue weighted by Crippen LogP contribution is -2.43. The molecule has 0 aliphatic heterocycles. The number of benzene rings is 1. The van der Waals surface area contributed by atoms with E-state index < -0.39 is 10.0 Å². The number of rotatable bonds is 4. The minimum absolute atomic E-state index is 0.0291. The van der Waals surface area contributed by atoms with Gasteiger partial charge in [0, 0.05) is 12.6 Å². The first-order valence-electron chi connectivity index (χ1n) is 7.67. The molecule has 3 atom stereocenters. The van der Waals surface area contributed by atoms with E-state index in [0.29, 0.717) is 23.3 Å². The molecule has 4 nitrogen and oxygen atoms in total. The molecule has 118 valence electrons. The monoisotopic (exact) mass is 310 g/mol. The quantitative estimate of drug-likeness (QED) is 0.897. The summed E-state index contributed by atoms with van der Waals surface area (Å²) in [5.41, 5.74) is 7.57. The molecule has 5 heteroatoms. The highest BCUT2D eigenvalue weighted by Gasteiger charge is 2.30. The van der Waals surface area contributed by atoms with Crippen molar-refractivity contribution in [2.45, 2.75) is 57.5 Å². The third-order valence-corrected chi connectivity index (χ3v) is 6.35. The normalized spacial score (nSPS) is 26.8. The SMILES string of the molecule is Cc1ccc(S(=O)(=O)NC2CCCC(C)C2C)cc1CN. The molecule has 0 amide bonds. The van der Waals surface area contributed by atoms with Gasteiger partial charge in [0.25, 0.3) is 0 Å². The van der Waals surface area contributed by atoms with Gasteiger partial charge in [0.05, 0.1) is 4.90 Å². The lowest BCUT2D eigenvalue weighted by atomic mass is 9.78. The zero-order valence-corrected chi connectivity index (χ0v) is 13.9. The van der Waals surface area contributed by atoms with E-state index in [9.17, 15) is 8.42 Å². The fraction of sp³-hybridized carbons (Fsp3) is 0.625. The van der Waals surface area contributed by atoms with Crippen molar-refractivity contribution in [2.24, 2.45) is 17.6 Å². The predicted molar refractivity (Wildman–Crippen MR) is 85.4 cm³/mol. The van der Waals surface area contributed by atoms with E-state index in [1.807, 2.05) is 13.0 Å². The van der Waals surface area contributed by atoms with E-state index in [4.69, 9.17) is 5.73 Å². The van der Waals surface area contributed by atoms with Crippen LogP contribution in [0.4, 0.5) is 0 Å². The van der Waals surface area contributed by atoms with Gasteiger partial charge in [-0.25, -0.2) is 13.1 Å². The average molecular weight is 310 g/mol. The van der Waals surface area contributed by atoms with Crippen LogP contribution in [0.1, 0.15) is 44.2 Å². The number of nitrogens with one attached hydrogen (secondary N) is 1. The lowest BCUT2D eigenvalue weighted by molar-refractivity contribution is 0.227. The first kappa shape index (κ1) is 16.5. The molecular formula is C16H26N2O2S. The highest BCUT2D eigenvalue weighted by molar-refractivity contribution is 7.89. The fourth-order valence-corrected chi connectivity index (χ4v) is 4.46. The topological polar surface area (TPSA) is 72.2 Å². The van der Waals surface area contributed by atoms with E-state index in [-0.39, 0.29) is 6.04 Å². The molecule has 3 unspecified atom stereocenters. The van der Waals surface area contributed by atoms with Crippen molar-refractivity contribution < 1.29 is 8.42 Å². The van der Waals surface area contributed by atoms with Crippen LogP contribution < -0.4 is 10.5 Å². The molecule has 2 rings (SSSR count). The van der Waals surface area contributed by atoms with Crippen LogP contribution in [-0.4, -0.2) is 14.5 Å². The van der Waals surface area contributed by atoms with E-state index in [2.05, 4.69) is 18.6 Å². The van der Waals surface area contributed by atoms with Crippen LogP contribution in [0.25, 0.3) is 0 Å². The Morgan fingerprint density at radius 2 is 2.00 bits per heavy atom. The number of hydrogen-bond acceptors (Lipinski definition) is 3. The molecule has 0 heterocycles. The highest BCUT2D eigenvalue weighted by atomic mass is 32.2. The largest absolute Gasteiger partial charge is 0.326 e. The summed E-state index contributed by atoms with van der Waals surface area (Å²) in [6.45, 7) is 6.63. The first-order valence-corrected chi connectivity index (χ1v) is 9.15. The summed E-state index contributed by atoms with van der Waals surface area (Å²) in [4.78, 5) is 0.318. The van der Waals surface area contributed by atoms with Gasteiger partial charge in [-0.3, -0.25) is 0 Å². The summed E-state index contributed by atoms with van der Waals surface area (Å²) in [6.07, 6.45) is 3.18. The molecule has 0 spiro atoms. The lowest BCUT2D eigenvalue weighted by Gasteiger charge is -2.34. The van der Waals surface area contributed by atoms with Crippen LogP contribution in [0, 0.1) is 18.8 Å². The Balaban J connectivity index is 2.22. The van der Waals surface area contributed by atoms with Crippen LogP contribution in [0.5, 0.6) is 0 Å². The molecule has 0 saturated heterocycles. The second kappa shape index (κ2) is 6.46. The molecule has 1 aromatic rings. The van der Waals surface area contributed by atoms with Gasteiger partial charge in [-0.05, 0) is 48.4 Å². The van der Waals surface area contributed by atoms with Crippen molar-refractivity contribution in [1.82, 2.24) is 4.72 Å². The van der Waals surface area contributed by atoms with Crippen LogP contribution in [0.2, 0.25) is 0 Å². The molecule has 1 aromatic carbocycles. The molecule has 0 radical (unpaired) electrons. The molecule has 21 heavy (non-hydrogen) atoms. The van der Waals surface area contributed by atoms with Gasteiger partial charge in [0.15, 0.2) is 0 Å². The maximum atomic E-state index is 12.6. The number of aryl methyl sites for hydroxylation is 1. The highest BCUT2D eigenvalue weighted by Crippen LogP contribution is 2.30. The van der Waals surface area contributed by atoms with Crippen LogP contribution in [-0.2, 0) is 16.6 Å². The standard InChI is InChI=1S/C16H26N2O2S/c1-11-5-4-6-16(13(11)3)18-21(19,20)15-8-7-12(2)14(9-15)10-17/h7-9,11,13,16,18H,4-6,10,17H2,1-3H3. The van der Waals surface area contributed by atoms with Crippen molar-refractivity contribution in [1.29, 1.82) is 0 Å². The third-order valence-electron chi connectivity index (χ3n) is 4.86. The Bertz CT molecular complexity index is 598. The van der Waals surface area contributed by atoms with Crippen molar-refractivity contribution in [2.75, 3.05) is 0 Å². The van der Waals surface area contributed by atoms with E-state index >= 15 is 0 Å². The summed E-state index contributed by atoms with van der Waals surface area (Å²) in [5, 5.41) is 0. The van der Waals surface area contributed by atoms with Crippen LogP contribution >= 0.6 is 0 Å². The molecular weight excluding hydrogens is 284 g/mol. The van der Waals surface area contributed by atoms with Crippen molar-refractivity contribution in [3.63, 3.8) is 0 Å². The second-order valence-corrected chi connectivity index (χ2v) is 8.00. The maximum Gasteiger partial charge on any atom is 0.240 e. The number of nitrogens with two attached hydrogens (primary N) is 1. The Morgan fingerprint density at radius 1 is 1.29 bits per heavy atom. The summed E-state index contributed by atoms with van der Waals surface area (Å²) in [5.74, 6) is 0.928. The Morgan fingerprint density at radius 3 is 2.67 bits per heavy atom. The van der Waals surface area contributed by atoms with Gasteiger partial charge < -0.3 is 5.73 Å². The summed E-state index contributed by atoms with van der Waals surface area (Å²) in [7, 11) is -3.47. The van der Waals surface area contributed by atoms with Gasteiger partial charge >= 0.3 is 0 Å². The van der Waals surface area contributed by atoms with Crippen molar-refractivity contribution in [3.8, 4) is 0 Å². The van der Waals surface area contributed by atoms with E-state index in [1.54, 1.807) is 12.1 Å². The molecule has 3 N–H and O–H groups in total. The first-order chi connectivity index (χ1) is 9.85. The van der Waals surface area contributed by atoms with Gasteiger partial charge in [-0.1, -0.05) is 32.8 Å². The zero-order chi connectivity index (χ0) is 15.6. The zero-order valence-electron chi connectivity index (χ0n) is 13.1. The van der Waals surface area contributed by atoms with Gasteiger partial charge in [-0.2, -0.15) is 0 Å². The molecule has 0 aromatic heterocycles. The predicted octanol–water partition coefficient (Wildman–Crippen LogP) is 2.56. The molecule has 0 bridgehead atoms. The van der Waals surface area contributed by atoms with Crippen molar-refractivity contribution >= 4 is 10.0 Å². The van der Waals surface area contributed by atoms with Crippen molar-refractivity contribution in [3.05, 3.63) is 29.3 Å². The minimum Gasteiger partial charge on any atom is -0.326 e. The second-order valence-electron chi connectivity index (χ2n) is 6.29. The van der Waals surface area contributed by atoms with Crippen LogP contribution in [0.3, 0.4) is 0 Å². The summed E-state index contributed by atoms with van der Waals surface area (Å²) < 4.78 is 28.1. The Hall–Kier alpha value is -0.910. The van der Waals surface area contributed by atoms with E-state index in [1.165, 1.54) is 6.42 Å². The molecule has 1 aliphatic carbocycles. The minimum atomic E-state index is -3.47. The van der Waals surface area contributed by atoms with Crippen LogP contribution in [0.15, 0.2) is 23.1 Å². The third kappa shape index (κ3) is 3.65. The fourth-order valence-electron chi connectivity index (χ4n) is 3.05. The summed E-state index contributed by atoms with van der Waals surface area (Å²) in [6, 6.07) is 5.20.